The fourth-order valence-corrected chi connectivity index (χ4v) is 3.99. The Morgan fingerprint density at radius 1 is 1.07 bits per heavy atom. The summed E-state index contributed by atoms with van der Waals surface area (Å²) >= 11 is 3.48. The minimum Gasteiger partial charge on any atom is -0.368 e. The first-order valence-corrected chi connectivity index (χ1v) is 10.1. The molecule has 0 bridgehead atoms. The number of benzene rings is 2. The Hall–Kier alpha value is -2.80. The summed E-state index contributed by atoms with van der Waals surface area (Å²) < 4.78 is 15.4. The van der Waals surface area contributed by atoms with Gasteiger partial charge in [-0.2, -0.15) is 0 Å². The number of piperazine rings is 1. The minimum absolute atomic E-state index is 0.0742. The van der Waals surface area contributed by atoms with Gasteiger partial charge in [0.1, 0.15) is 12.1 Å². The highest BCUT2D eigenvalue weighted by molar-refractivity contribution is 9.10. The highest BCUT2D eigenvalue weighted by atomic mass is 79.9. The van der Waals surface area contributed by atoms with E-state index in [9.17, 15) is 9.18 Å². The molecular formula is C22H20BrFN4O. The van der Waals surface area contributed by atoms with Crippen molar-refractivity contribution in [2.45, 2.75) is 6.92 Å². The molecule has 1 amide bonds. The number of aromatic nitrogens is 2. The molecule has 3 aromatic rings. The molecule has 7 heteroatoms. The van der Waals surface area contributed by atoms with Gasteiger partial charge in [0.2, 0.25) is 5.91 Å². The maximum absolute atomic E-state index is 14.5. The summed E-state index contributed by atoms with van der Waals surface area (Å²) in [4.78, 5) is 24.2. The van der Waals surface area contributed by atoms with Crippen LogP contribution < -0.4 is 0 Å². The van der Waals surface area contributed by atoms with Crippen molar-refractivity contribution < 1.29 is 9.18 Å². The smallest absolute Gasteiger partial charge is 0.219 e. The Labute approximate surface area is 177 Å². The summed E-state index contributed by atoms with van der Waals surface area (Å²) in [5.41, 5.74) is 3.59. The lowest BCUT2D eigenvalue weighted by atomic mass is 10.0. The summed E-state index contributed by atoms with van der Waals surface area (Å²) in [6.45, 7) is 8.39. The normalized spacial score (nSPS) is 14.3. The lowest BCUT2D eigenvalue weighted by molar-refractivity contribution is -0.130. The number of hydrogen-bond donors (Lipinski definition) is 0. The van der Waals surface area contributed by atoms with E-state index < -0.39 is 0 Å². The van der Waals surface area contributed by atoms with E-state index in [1.165, 1.54) is 18.5 Å². The Kier molecular flexibility index (Phi) is 5.32. The van der Waals surface area contributed by atoms with Gasteiger partial charge in [0.15, 0.2) is 0 Å². The zero-order chi connectivity index (χ0) is 20.5. The topological polar surface area (TPSA) is 49.3 Å². The van der Waals surface area contributed by atoms with Gasteiger partial charge in [0.05, 0.1) is 11.2 Å². The monoisotopic (exact) mass is 454 g/mol. The number of amides is 1. The van der Waals surface area contributed by atoms with E-state index in [-0.39, 0.29) is 11.7 Å². The molecule has 4 rings (SSSR count). The first-order chi connectivity index (χ1) is 13.9. The predicted molar refractivity (Wildman–Crippen MR) is 115 cm³/mol. The van der Waals surface area contributed by atoms with E-state index in [4.69, 9.17) is 0 Å². The van der Waals surface area contributed by atoms with Crippen LogP contribution in [0.25, 0.3) is 27.9 Å². The SMILES string of the molecule is C=C(c1cc(F)cc(-c2ncnc3ccc(Br)cc23)c1)N1CCN(C(C)=O)CC1. The van der Waals surface area contributed by atoms with Crippen molar-refractivity contribution in [3.8, 4) is 11.3 Å². The van der Waals surface area contributed by atoms with Gasteiger partial charge in [-0.15, -0.1) is 0 Å². The zero-order valence-corrected chi connectivity index (χ0v) is 17.6. The molecule has 0 spiro atoms. The van der Waals surface area contributed by atoms with Crippen LogP contribution in [0.3, 0.4) is 0 Å². The molecule has 1 aliphatic rings. The van der Waals surface area contributed by atoms with Crippen molar-refractivity contribution >= 4 is 38.4 Å². The van der Waals surface area contributed by atoms with Crippen molar-refractivity contribution in [3.63, 3.8) is 0 Å². The quantitative estimate of drug-likeness (QED) is 0.590. The van der Waals surface area contributed by atoms with Crippen LogP contribution in [0.1, 0.15) is 12.5 Å². The maximum Gasteiger partial charge on any atom is 0.219 e. The van der Waals surface area contributed by atoms with Crippen LogP contribution >= 0.6 is 15.9 Å². The van der Waals surface area contributed by atoms with Gasteiger partial charge in [-0.05, 0) is 36.4 Å². The highest BCUT2D eigenvalue weighted by Crippen LogP contribution is 2.31. The van der Waals surface area contributed by atoms with Crippen molar-refractivity contribution in [2.24, 2.45) is 0 Å². The molecule has 1 aliphatic heterocycles. The fraction of sp³-hybridized carbons (Fsp3) is 0.227. The van der Waals surface area contributed by atoms with Gasteiger partial charge < -0.3 is 9.80 Å². The standard InChI is InChI=1S/C22H20BrFN4O/c1-14(27-5-7-28(8-6-27)15(2)29)16-9-17(11-19(24)10-16)22-20-12-18(23)3-4-21(20)25-13-26-22/h3-4,9-13H,1,5-8H2,2H3. The molecule has 0 atom stereocenters. The number of carbonyl (C=O) groups is 1. The Morgan fingerprint density at radius 2 is 1.79 bits per heavy atom. The van der Waals surface area contributed by atoms with Gasteiger partial charge in [-0.25, -0.2) is 14.4 Å². The zero-order valence-electron chi connectivity index (χ0n) is 16.0. The number of halogens is 2. The van der Waals surface area contributed by atoms with Gasteiger partial charge in [-0.3, -0.25) is 4.79 Å². The van der Waals surface area contributed by atoms with Crippen LogP contribution in [0.15, 0.2) is 53.8 Å². The highest BCUT2D eigenvalue weighted by Gasteiger charge is 2.21. The minimum atomic E-state index is -0.345. The third-order valence-electron chi connectivity index (χ3n) is 5.21. The van der Waals surface area contributed by atoms with Crippen LogP contribution in [-0.2, 0) is 4.79 Å². The van der Waals surface area contributed by atoms with Gasteiger partial charge in [-0.1, -0.05) is 22.5 Å². The molecular weight excluding hydrogens is 435 g/mol. The van der Waals surface area contributed by atoms with Gasteiger partial charge >= 0.3 is 0 Å². The molecule has 5 nitrogen and oxygen atoms in total. The third kappa shape index (κ3) is 4.00. The van der Waals surface area contributed by atoms with Crippen LogP contribution in [0.5, 0.6) is 0 Å². The lowest BCUT2D eigenvalue weighted by Crippen LogP contribution is -2.47. The van der Waals surface area contributed by atoms with Crippen molar-refractivity contribution in [1.82, 2.24) is 19.8 Å². The number of hydrogen-bond acceptors (Lipinski definition) is 4. The maximum atomic E-state index is 14.5. The molecule has 148 valence electrons. The second kappa shape index (κ2) is 7.91. The Morgan fingerprint density at radius 3 is 2.52 bits per heavy atom. The first-order valence-electron chi connectivity index (χ1n) is 9.33. The molecule has 0 radical (unpaired) electrons. The first kappa shape index (κ1) is 19.5. The van der Waals surface area contributed by atoms with Crippen LogP contribution in [0.4, 0.5) is 4.39 Å². The Bertz CT molecular complexity index is 1110. The Balaban J connectivity index is 1.68. The molecule has 2 heterocycles. The number of rotatable bonds is 3. The summed E-state index contributed by atoms with van der Waals surface area (Å²) in [7, 11) is 0. The molecule has 0 unspecified atom stereocenters. The lowest BCUT2D eigenvalue weighted by Gasteiger charge is -2.36. The van der Waals surface area contributed by atoms with Crippen LogP contribution in [-0.4, -0.2) is 51.9 Å². The summed E-state index contributed by atoms with van der Waals surface area (Å²) in [6.07, 6.45) is 1.49. The second-order valence-electron chi connectivity index (χ2n) is 7.05. The van der Waals surface area contributed by atoms with Crippen LogP contribution in [0, 0.1) is 5.82 Å². The average Bonchev–Trinajstić information content (AvgIpc) is 2.72. The fourth-order valence-electron chi connectivity index (χ4n) is 3.63. The van der Waals surface area contributed by atoms with Crippen molar-refractivity contribution in [2.75, 3.05) is 26.2 Å². The molecule has 2 aromatic carbocycles. The van der Waals surface area contributed by atoms with Gasteiger partial charge in [0.25, 0.3) is 0 Å². The predicted octanol–water partition coefficient (Wildman–Crippen LogP) is 4.33. The van der Waals surface area contributed by atoms with Crippen LogP contribution in [0.2, 0.25) is 0 Å². The molecule has 29 heavy (non-hydrogen) atoms. The van der Waals surface area contributed by atoms with E-state index in [1.807, 2.05) is 29.2 Å². The summed E-state index contributed by atoms with van der Waals surface area (Å²) in [5.74, 6) is -0.270. The largest absolute Gasteiger partial charge is 0.368 e. The molecule has 0 N–H and O–H groups in total. The van der Waals surface area contributed by atoms with E-state index in [0.29, 0.717) is 43.0 Å². The van der Waals surface area contributed by atoms with E-state index in [1.54, 1.807) is 6.92 Å². The molecule has 1 saturated heterocycles. The summed E-state index contributed by atoms with van der Waals surface area (Å²) in [5, 5.41) is 0.846. The number of carbonyl (C=O) groups excluding carboxylic acids is 1. The van der Waals surface area contributed by atoms with E-state index in [0.717, 1.165) is 21.1 Å². The average molecular weight is 455 g/mol. The van der Waals surface area contributed by atoms with Crippen molar-refractivity contribution in [3.05, 3.63) is 65.2 Å². The van der Waals surface area contributed by atoms with E-state index >= 15 is 0 Å². The summed E-state index contributed by atoms with van der Waals surface area (Å²) in [6, 6.07) is 10.6. The van der Waals surface area contributed by atoms with E-state index in [2.05, 4.69) is 37.4 Å². The second-order valence-corrected chi connectivity index (χ2v) is 7.97. The van der Waals surface area contributed by atoms with Crippen molar-refractivity contribution in [1.29, 1.82) is 0 Å². The molecule has 0 aliphatic carbocycles. The third-order valence-corrected chi connectivity index (χ3v) is 5.70. The van der Waals surface area contributed by atoms with Gasteiger partial charge in [0, 0.05) is 59.8 Å². The molecule has 1 aromatic heterocycles. The molecule has 1 fully saturated rings. The number of fused-ring (bicyclic) bond motifs is 1. The number of nitrogens with zero attached hydrogens (tertiary/aromatic N) is 4. The molecule has 0 saturated carbocycles.